The Labute approximate surface area is 72.4 Å². The Kier molecular flexibility index (Phi) is 2.85. The number of hydrogen-bond donors (Lipinski definition) is 1. The molecule has 4 nitrogen and oxygen atoms in total. The summed E-state index contributed by atoms with van der Waals surface area (Å²) in [5.41, 5.74) is 5.42. The van der Waals surface area contributed by atoms with Gasteiger partial charge in [-0.2, -0.15) is 0 Å². The van der Waals surface area contributed by atoms with Crippen molar-refractivity contribution in [3.8, 4) is 0 Å². The van der Waals surface area contributed by atoms with Crippen LogP contribution in [0.25, 0.3) is 0 Å². The monoisotopic (exact) mass is 166 g/mol. The van der Waals surface area contributed by atoms with Crippen molar-refractivity contribution in [3.63, 3.8) is 0 Å². The van der Waals surface area contributed by atoms with Gasteiger partial charge in [0.05, 0.1) is 0 Å². The highest BCUT2D eigenvalue weighted by Gasteiger charge is 2.01. The van der Waals surface area contributed by atoms with Gasteiger partial charge in [-0.3, -0.25) is 0 Å². The van der Waals surface area contributed by atoms with Crippen molar-refractivity contribution < 1.29 is 0 Å². The molecule has 1 rings (SSSR count). The van der Waals surface area contributed by atoms with Gasteiger partial charge in [0, 0.05) is 13.1 Å². The lowest BCUT2D eigenvalue weighted by molar-refractivity contribution is 0.826. The molecule has 0 saturated heterocycles. The minimum absolute atomic E-state index is 0.464. The van der Waals surface area contributed by atoms with Crippen LogP contribution in [0.3, 0.4) is 0 Å². The first-order valence-electron chi connectivity index (χ1n) is 4.12. The van der Waals surface area contributed by atoms with Crippen molar-refractivity contribution in [3.05, 3.63) is 12.1 Å². The molecule has 12 heavy (non-hydrogen) atoms. The van der Waals surface area contributed by atoms with Gasteiger partial charge in [-0.25, -0.2) is 0 Å². The van der Waals surface area contributed by atoms with E-state index in [4.69, 9.17) is 5.73 Å². The second-order valence-electron chi connectivity index (χ2n) is 2.49. The van der Waals surface area contributed by atoms with Gasteiger partial charge in [0.2, 0.25) is 0 Å². The largest absolute Gasteiger partial charge is 0.382 e. The fraction of sp³-hybridized carbons (Fsp3) is 0.500. The third kappa shape index (κ3) is 1.84. The smallest absolute Gasteiger partial charge is 0.151 e. The lowest BCUT2D eigenvalue weighted by Gasteiger charge is -2.18. The van der Waals surface area contributed by atoms with Crippen molar-refractivity contribution in [2.24, 2.45) is 0 Å². The van der Waals surface area contributed by atoms with Crippen LogP contribution in [0.5, 0.6) is 0 Å². The maximum Gasteiger partial charge on any atom is 0.151 e. The van der Waals surface area contributed by atoms with Crippen LogP contribution in [0.15, 0.2) is 12.1 Å². The molecule has 0 spiro atoms. The third-order valence-corrected chi connectivity index (χ3v) is 1.76. The lowest BCUT2D eigenvalue weighted by Crippen LogP contribution is -2.23. The Balaban J connectivity index is 2.80. The summed E-state index contributed by atoms with van der Waals surface area (Å²) >= 11 is 0. The molecule has 4 heteroatoms. The molecular formula is C8H14N4. The second kappa shape index (κ2) is 3.90. The van der Waals surface area contributed by atoms with Gasteiger partial charge in [0.15, 0.2) is 5.82 Å². The van der Waals surface area contributed by atoms with E-state index in [-0.39, 0.29) is 0 Å². The van der Waals surface area contributed by atoms with E-state index < -0.39 is 0 Å². The number of hydrogen-bond acceptors (Lipinski definition) is 4. The number of aromatic nitrogens is 2. The molecule has 0 radical (unpaired) electrons. The standard InChI is InChI=1S/C8H14N4/c1-3-12(4-2)8-6-5-7(9)10-11-8/h5-6H,3-4H2,1-2H3,(H2,9,10). The molecule has 0 aliphatic heterocycles. The van der Waals surface area contributed by atoms with Crippen LogP contribution in [0.4, 0.5) is 11.6 Å². The van der Waals surface area contributed by atoms with Crippen LogP contribution in [0.2, 0.25) is 0 Å². The summed E-state index contributed by atoms with van der Waals surface area (Å²) in [6, 6.07) is 3.65. The molecule has 1 heterocycles. The van der Waals surface area contributed by atoms with Crippen molar-refractivity contribution in [2.45, 2.75) is 13.8 Å². The molecule has 0 fully saturated rings. The number of nitrogen functional groups attached to an aromatic ring is 1. The van der Waals surface area contributed by atoms with E-state index in [1.807, 2.05) is 6.07 Å². The minimum atomic E-state index is 0.464. The predicted octanol–water partition coefficient (Wildman–Crippen LogP) is 0.905. The summed E-state index contributed by atoms with van der Waals surface area (Å²) in [6.07, 6.45) is 0. The number of anilines is 2. The van der Waals surface area contributed by atoms with Gasteiger partial charge in [-0.15, -0.1) is 10.2 Å². The van der Waals surface area contributed by atoms with Crippen LogP contribution >= 0.6 is 0 Å². The SMILES string of the molecule is CCN(CC)c1ccc(N)nn1. The molecule has 0 bridgehead atoms. The van der Waals surface area contributed by atoms with E-state index in [9.17, 15) is 0 Å². The first-order valence-corrected chi connectivity index (χ1v) is 4.12. The summed E-state index contributed by atoms with van der Waals surface area (Å²) in [4.78, 5) is 2.12. The van der Waals surface area contributed by atoms with E-state index in [1.165, 1.54) is 0 Å². The number of nitrogens with two attached hydrogens (primary N) is 1. The molecule has 0 amide bonds. The second-order valence-corrected chi connectivity index (χ2v) is 2.49. The number of rotatable bonds is 3. The van der Waals surface area contributed by atoms with Crippen LogP contribution in [0, 0.1) is 0 Å². The van der Waals surface area contributed by atoms with Gasteiger partial charge < -0.3 is 10.6 Å². The quantitative estimate of drug-likeness (QED) is 0.725. The highest BCUT2D eigenvalue weighted by molar-refractivity contribution is 5.40. The average Bonchev–Trinajstić information content (AvgIpc) is 2.10. The maximum atomic E-state index is 5.42. The zero-order chi connectivity index (χ0) is 8.97. The van der Waals surface area contributed by atoms with E-state index in [1.54, 1.807) is 6.07 Å². The normalized spacial score (nSPS) is 9.83. The minimum Gasteiger partial charge on any atom is -0.382 e. The van der Waals surface area contributed by atoms with Crippen LogP contribution < -0.4 is 10.6 Å². The molecule has 1 aromatic heterocycles. The number of nitrogens with zero attached hydrogens (tertiary/aromatic N) is 3. The Morgan fingerprint density at radius 3 is 2.33 bits per heavy atom. The molecule has 1 aromatic rings. The van der Waals surface area contributed by atoms with E-state index in [2.05, 4.69) is 28.9 Å². The maximum absolute atomic E-state index is 5.42. The summed E-state index contributed by atoms with van der Waals surface area (Å²) in [5, 5.41) is 7.75. The summed E-state index contributed by atoms with van der Waals surface area (Å²) < 4.78 is 0. The van der Waals surface area contributed by atoms with Gasteiger partial charge in [-0.1, -0.05) is 0 Å². The van der Waals surface area contributed by atoms with Crippen molar-refractivity contribution in [1.29, 1.82) is 0 Å². The molecule has 0 saturated carbocycles. The fourth-order valence-electron chi connectivity index (χ4n) is 1.05. The van der Waals surface area contributed by atoms with Crippen molar-refractivity contribution in [2.75, 3.05) is 23.7 Å². The Morgan fingerprint density at radius 1 is 1.25 bits per heavy atom. The highest BCUT2D eigenvalue weighted by atomic mass is 15.3. The van der Waals surface area contributed by atoms with Crippen LogP contribution in [0.1, 0.15) is 13.8 Å². The fourth-order valence-corrected chi connectivity index (χ4v) is 1.05. The third-order valence-electron chi connectivity index (χ3n) is 1.76. The molecule has 0 aliphatic carbocycles. The average molecular weight is 166 g/mol. The Bertz CT molecular complexity index is 227. The van der Waals surface area contributed by atoms with Crippen LogP contribution in [-0.2, 0) is 0 Å². The van der Waals surface area contributed by atoms with E-state index >= 15 is 0 Å². The van der Waals surface area contributed by atoms with E-state index in [0.29, 0.717) is 5.82 Å². The van der Waals surface area contributed by atoms with Gasteiger partial charge in [-0.05, 0) is 26.0 Å². The topological polar surface area (TPSA) is 55.0 Å². The zero-order valence-corrected chi connectivity index (χ0v) is 7.49. The Hall–Kier alpha value is -1.32. The van der Waals surface area contributed by atoms with Gasteiger partial charge >= 0.3 is 0 Å². The molecule has 0 atom stereocenters. The molecule has 66 valence electrons. The highest BCUT2D eigenvalue weighted by Crippen LogP contribution is 2.08. The van der Waals surface area contributed by atoms with Crippen molar-refractivity contribution >= 4 is 11.6 Å². The molecule has 2 N–H and O–H groups in total. The van der Waals surface area contributed by atoms with E-state index in [0.717, 1.165) is 18.9 Å². The summed E-state index contributed by atoms with van der Waals surface area (Å²) in [6.45, 7) is 6.05. The predicted molar refractivity (Wildman–Crippen MR) is 50.0 cm³/mol. The van der Waals surface area contributed by atoms with Gasteiger partial charge in [0.1, 0.15) is 5.82 Å². The Morgan fingerprint density at radius 2 is 1.92 bits per heavy atom. The van der Waals surface area contributed by atoms with Crippen LogP contribution in [-0.4, -0.2) is 23.3 Å². The first-order chi connectivity index (χ1) is 5.77. The van der Waals surface area contributed by atoms with Crippen molar-refractivity contribution in [1.82, 2.24) is 10.2 Å². The lowest BCUT2D eigenvalue weighted by atomic mass is 10.4. The molecule has 0 aromatic carbocycles. The molecular weight excluding hydrogens is 152 g/mol. The molecule has 0 unspecified atom stereocenters. The molecule has 0 aliphatic rings. The first kappa shape index (κ1) is 8.77. The summed E-state index contributed by atoms with van der Waals surface area (Å²) in [5.74, 6) is 1.35. The zero-order valence-electron chi connectivity index (χ0n) is 7.49. The van der Waals surface area contributed by atoms with Gasteiger partial charge in [0.25, 0.3) is 0 Å². The summed E-state index contributed by atoms with van der Waals surface area (Å²) in [7, 11) is 0.